The minimum absolute atomic E-state index is 0. The summed E-state index contributed by atoms with van der Waals surface area (Å²) >= 11 is 5.98. The van der Waals surface area contributed by atoms with Gasteiger partial charge >= 0.3 is 0 Å². The number of aromatic nitrogens is 3. The van der Waals surface area contributed by atoms with Crippen LogP contribution in [-0.2, 0) is 0 Å². The van der Waals surface area contributed by atoms with Gasteiger partial charge in [-0.3, -0.25) is 4.98 Å². The van der Waals surface area contributed by atoms with Crippen molar-refractivity contribution >= 4 is 41.0 Å². The first kappa shape index (κ1) is 19.9. The second-order valence-corrected chi connectivity index (χ2v) is 7.20. The zero-order valence-corrected chi connectivity index (χ0v) is 16.5. The number of rotatable bonds is 3. The summed E-state index contributed by atoms with van der Waals surface area (Å²) in [4.78, 5) is 11.4. The largest absolute Gasteiger partial charge is 0.340 e. The van der Waals surface area contributed by atoms with Gasteiger partial charge in [0.25, 0.3) is 0 Å². The molecule has 1 aliphatic heterocycles. The molecular formula is C19H22Cl2FN5. The van der Waals surface area contributed by atoms with Gasteiger partial charge in [-0.25, -0.2) is 9.37 Å². The standard InChI is InChI=1S/C19H21ClFN5.ClH/c1-12(16-7-6-13(20)10-23-16)26-18-5-3-2-4-17(18)24-19(26)25-9-8-14(21)15(22)11-25;/h2-7,10,12,14-15H,8-9,11,22H2,1H3;1H/t12?,14?,15-;/m1./s1. The summed E-state index contributed by atoms with van der Waals surface area (Å²) in [5.41, 5.74) is 8.78. The molecule has 0 bridgehead atoms. The van der Waals surface area contributed by atoms with Crippen LogP contribution in [0.1, 0.15) is 25.1 Å². The minimum Gasteiger partial charge on any atom is -0.340 e. The third-order valence-corrected chi connectivity index (χ3v) is 5.22. The Labute approximate surface area is 168 Å². The maximum absolute atomic E-state index is 13.8. The first-order chi connectivity index (χ1) is 12.5. The number of fused-ring (bicyclic) bond motifs is 1. The van der Waals surface area contributed by atoms with E-state index in [1.807, 2.05) is 36.4 Å². The average Bonchev–Trinajstić information content (AvgIpc) is 3.03. The Bertz CT molecular complexity index is 914. The lowest BCUT2D eigenvalue weighted by Gasteiger charge is -2.34. The Morgan fingerprint density at radius 1 is 1.26 bits per heavy atom. The van der Waals surface area contributed by atoms with E-state index in [-0.39, 0.29) is 18.4 Å². The number of anilines is 1. The Balaban J connectivity index is 0.00000210. The van der Waals surface area contributed by atoms with E-state index in [9.17, 15) is 4.39 Å². The lowest BCUT2D eigenvalue weighted by Crippen LogP contribution is -2.50. The predicted molar refractivity (Wildman–Crippen MR) is 110 cm³/mol. The molecule has 0 amide bonds. The van der Waals surface area contributed by atoms with Gasteiger partial charge in [-0.2, -0.15) is 0 Å². The second-order valence-electron chi connectivity index (χ2n) is 6.76. The van der Waals surface area contributed by atoms with Crippen molar-refractivity contribution in [1.29, 1.82) is 0 Å². The van der Waals surface area contributed by atoms with E-state index >= 15 is 0 Å². The SMILES string of the molecule is CC(c1ccc(Cl)cn1)n1c(N2CCC(F)[C@H](N)C2)nc2ccccc21.Cl. The van der Waals surface area contributed by atoms with E-state index in [0.29, 0.717) is 24.5 Å². The van der Waals surface area contributed by atoms with Crippen molar-refractivity contribution in [3.05, 3.63) is 53.3 Å². The van der Waals surface area contributed by atoms with Crippen molar-refractivity contribution in [2.24, 2.45) is 5.73 Å². The maximum Gasteiger partial charge on any atom is 0.207 e. The molecule has 0 aliphatic carbocycles. The summed E-state index contributed by atoms with van der Waals surface area (Å²) in [6, 6.07) is 11.2. The van der Waals surface area contributed by atoms with Crippen LogP contribution >= 0.6 is 24.0 Å². The van der Waals surface area contributed by atoms with Crippen LogP contribution in [0.2, 0.25) is 5.02 Å². The average molecular weight is 410 g/mol. The molecule has 2 N–H and O–H groups in total. The molecule has 0 saturated carbocycles. The number of nitrogens with two attached hydrogens (primary N) is 1. The van der Waals surface area contributed by atoms with Crippen LogP contribution < -0.4 is 10.6 Å². The molecule has 1 fully saturated rings. The first-order valence-electron chi connectivity index (χ1n) is 8.77. The summed E-state index contributed by atoms with van der Waals surface area (Å²) in [6.07, 6.45) is 1.11. The molecule has 3 aromatic rings. The number of halogens is 3. The lowest BCUT2D eigenvalue weighted by molar-refractivity contribution is 0.243. The van der Waals surface area contributed by atoms with Crippen LogP contribution in [0.15, 0.2) is 42.6 Å². The normalized spacial score (nSPS) is 21.1. The number of hydrogen-bond acceptors (Lipinski definition) is 4. The molecule has 8 heteroatoms. The van der Waals surface area contributed by atoms with Crippen LogP contribution in [0.5, 0.6) is 0 Å². The van der Waals surface area contributed by atoms with Crippen molar-refractivity contribution in [3.63, 3.8) is 0 Å². The molecule has 2 aromatic heterocycles. The minimum atomic E-state index is -0.959. The molecule has 0 radical (unpaired) electrons. The molecule has 5 nitrogen and oxygen atoms in total. The van der Waals surface area contributed by atoms with Crippen LogP contribution in [0.3, 0.4) is 0 Å². The molecule has 1 aliphatic rings. The summed E-state index contributed by atoms with van der Waals surface area (Å²) in [6.45, 7) is 3.12. The highest BCUT2D eigenvalue weighted by atomic mass is 35.5. The molecule has 0 spiro atoms. The number of nitrogens with zero attached hydrogens (tertiary/aromatic N) is 4. The Morgan fingerprint density at radius 2 is 2.04 bits per heavy atom. The van der Waals surface area contributed by atoms with Crippen LogP contribution in [0.4, 0.5) is 10.3 Å². The zero-order valence-electron chi connectivity index (χ0n) is 14.9. The van der Waals surface area contributed by atoms with Gasteiger partial charge in [0.1, 0.15) is 6.17 Å². The zero-order chi connectivity index (χ0) is 18.3. The molecule has 2 unspecified atom stereocenters. The fraction of sp³-hybridized carbons (Fsp3) is 0.368. The summed E-state index contributed by atoms with van der Waals surface area (Å²) < 4.78 is 16.0. The number of pyridine rings is 1. The quantitative estimate of drug-likeness (QED) is 0.710. The van der Waals surface area contributed by atoms with Crippen LogP contribution in [0, 0.1) is 0 Å². The highest BCUT2D eigenvalue weighted by Gasteiger charge is 2.30. The van der Waals surface area contributed by atoms with Crippen LogP contribution in [-0.4, -0.2) is 39.8 Å². The third kappa shape index (κ3) is 3.74. The molecule has 144 valence electrons. The van der Waals surface area contributed by atoms with E-state index in [4.69, 9.17) is 22.3 Å². The fourth-order valence-corrected chi connectivity index (χ4v) is 3.65. The fourth-order valence-electron chi connectivity index (χ4n) is 3.54. The Morgan fingerprint density at radius 3 is 2.74 bits per heavy atom. The highest BCUT2D eigenvalue weighted by Crippen LogP contribution is 2.31. The van der Waals surface area contributed by atoms with Gasteiger partial charge < -0.3 is 15.2 Å². The monoisotopic (exact) mass is 409 g/mol. The second kappa shape index (κ2) is 8.00. The number of para-hydroxylation sites is 2. The first-order valence-corrected chi connectivity index (χ1v) is 9.15. The van der Waals surface area contributed by atoms with E-state index in [1.165, 1.54) is 0 Å². The molecule has 3 heterocycles. The smallest absolute Gasteiger partial charge is 0.207 e. The van der Waals surface area contributed by atoms with Gasteiger partial charge in [-0.05, 0) is 37.6 Å². The third-order valence-electron chi connectivity index (χ3n) is 5.00. The van der Waals surface area contributed by atoms with Crippen molar-refractivity contribution in [1.82, 2.24) is 14.5 Å². The van der Waals surface area contributed by atoms with E-state index in [0.717, 1.165) is 22.7 Å². The van der Waals surface area contributed by atoms with E-state index < -0.39 is 12.2 Å². The van der Waals surface area contributed by atoms with Crippen molar-refractivity contribution in [2.45, 2.75) is 31.6 Å². The Kier molecular flexibility index (Phi) is 5.89. The van der Waals surface area contributed by atoms with Gasteiger partial charge in [-0.1, -0.05) is 23.7 Å². The lowest BCUT2D eigenvalue weighted by atomic mass is 10.1. The number of piperidine rings is 1. The molecule has 1 aromatic carbocycles. The van der Waals surface area contributed by atoms with Gasteiger partial charge in [0.15, 0.2) is 0 Å². The molecular weight excluding hydrogens is 388 g/mol. The number of alkyl halides is 1. The van der Waals surface area contributed by atoms with Crippen molar-refractivity contribution in [3.8, 4) is 0 Å². The van der Waals surface area contributed by atoms with Gasteiger partial charge in [0.2, 0.25) is 5.95 Å². The van der Waals surface area contributed by atoms with E-state index in [1.54, 1.807) is 6.20 Å². The van der Waals surface area contributed by atoms with Crippen molar-refractivity contribution < 1.29 is 4.39 Å². The summed E-state index contributed by atoms with van der Waals surface area (Å²) in [5, 5.41) is 0.604. The van der Waals surface area contributed by atoms with Gasteiger partial charge in [-0.15, -0.1) is 12.4 Å². The molecule has 27 heavy (non-hydrogen) atoms. The highest BCUT2D eigenvalue weighted by molar-refractivity contribution is 6.30. The maximum atomic E-state index is 13.8. The molecule has 3 atom stereocenters. The molecule has 1 saturated heterocycles. The Hall–Kier alpha value is -1.89. The summed E-state index contributed by atoms with van der Waals surface area (Å²) in [7, 11) is 0. The number of benzene rings is 1. The predicted octanol–water partition coefficient (Wildman–Crippen LogP) is 3.99. The van der Waals surface area contributed by atoms with Crippen LogP contribution in [0.25, 0.3) is 11.0 Å². The van der Waals surface area contributed by atoms with Gasteiger partial charge in [0.05, 0.1) is 33.8 Å². The topological polar surface area (TPSA) is 60.0 Å². The van der Waals surface area contributed by atoms with Gasteiger partial charge in [0, 0.05) is 19.3 Å². The van der Waals surface area contributed by atoms with Crippen molar-refractivity contribution in [2.75, 3.05) is 18.0 Å². The number of hydrogen-bond donors (Lipinski definition) is 1. The number of imidazole rings is 1. The van der Waals surface area contributed by atoms with E-state index in [2.05, 4.69) is 21.4 Å². The molecule has 4 rings (SSSR count). The summed E-state index contributed by atoms with van der Waals surface area (Å²) in [5.74, 6) is 0.804.